The molecule has 2 nitrogen and oxygen atoms in total. The average Bonchev–Trinajstić information content (AvgIpc) is 2.90. The predicted molar refractivity (Wildman–Crippen MR) is 74.5 cm³/mol. The first-order chi connectivity index (χ1) is 8.31. The number of hydrogen-bond acceptors (Lipinski definition) is 2. The number of para-hydroxylation sites is 1. The Morgan fingerprint density at radius 3 is 2.47 bits per heavy atom. The first kappa shape index (κ1) is 12.4. The van der Waals surface area contributed by atoms with Crippen molar-refractivity contribution in [1.29, 1.82) is 0 Å². The maximum atomic E-state index is 3.50. The van der Waals surface area contributed by atoms with E-state index in [9.17, 15) is 0 Å². The molecule has 1 fully saturated rings. The summed E-state index contributed by atoms with van der Waals surface area (Å²) in [5.41, 5.74) is 1.31. The van der Waals surface area contributed by atoms with Gasteiger partial charge in [-0.3, -0.25) is 0 Å². The molecular weight excluding hydrogens is 208 g/mol. The molecule has 1 aliphatic rings. The zero-order chi connectivity index (χ0) is 12.1. The molecule has 0 saturated heterocycles. The molecule has 1 unspecified atom stereocenters. The van der Waals surface area contributed by atoms with E-state index in [1.807, 2.05) is 0 Å². The van der Waals surface area contributed by atoms with Crippen LogP contribution in [0.4, 0.5) is 5.69 Å². The van der Waals surface area contributed by atoms with E-state index in [1.165, 1.54) is 31.4 Å². The molecular formula is C15H24N2. The van der Waals surface area contributed by atoms with E-state index in [0.29, 0.717) is 6.04 Å². The van der Waals surface area contributed by atoms with Crippen LogP contribution < -0.4 is 10.2 Å². The van der Waals surface area contributed by atoms with Crippen LogP contribution in [0.2, 0.25) is 0 Å². The molecule has 1 aromatic carbocycles. The van der Waals surface area contributed by atoms with Gasteiger partial charge >= 0.3 is 0 Å². The van der Waals surface area contributed by atoms with Crippen molar-refractivity contribution >= 4 is 5.69 Å². The van der Waals surface area contributed by atoms with Crippen molar-refractivity contribution in [2.45, 2.75) is 31.7 Å². The monoisotopic (exact) mass is 232 g/mol. The highest BCUT2D eigenvalue weighted by atomic mass is 15.1. The number of benzene rings is 1. The molecule has 0 heterocycles. The van der Waals surface area contributed by atoms with Gasteiger partial charge in [0.2, 0.25) is 0 Å². The summed E-state index contributed by atoms with van der Waals surface area (Å²) in [7, 11) is 4.29. The fourth-order valence-corrected chi connectivity index (χ4v) is 2.92. The molecule has 2 heteroatoms. The molecule has 94 valence electrons. The van der Waals surface area contributed by atoms with E-state index in [1.54, 1.807) is 0 Å². The van der Waals surface area contributed by atoms with Crippen LogP contribution in [0.15, 0.2) is 30.3 Å². The molecule has 0 amide bonds. The van der Waals surface area contributed by atoms with Crippen LogP contribution in [0.25, 0.3) is 0 Å². The Hall–Kier alpha value is -1.02. The Balaban J connectivity index is 1.94. The third-order valence-electron chi connectivity index (χ3n) is 4.01. The van der Waals surface area contributed by atoms with Gasteiger partial charge in [-0.05, 0) is 37.9 Å². The van der Waals surface area contributed by atoms with Gasteiger partial charge in [-0.1, -0.05) is 31.0 Å². The zero-order valence-electron chi connectivity index (χ0n) is 11.0. The lowest BCUT2D eigenvalue weighted by Crippen LogP contribution is -2.42. The van der Waals surface area contributed by atoms with Crippen molar-refractivity contribution in [2.75, 3.05) is 25.5 Å². The van der Waals surface area contributed by atoms with Gasteiger partial charge in [-0.2, -0.15) is 0 Å². The van der Waals surface area contributed by atoms with Crippen LogP contribution in [-0.2, 0) is 0 Å². The minimum Gasteiger partial charge on any atom is -0.373 e. The van der Waals surface area contributed by atoms with Crippen molar-refractivity contribution in [3.63, 3.8) is 0 Å². The first-order valence-electron chi connectivity index (χ1n) is 6.74. The van der Waals surface area contributed by atoms with Crippen LogP contribution >= 0.6 is 0 Å². The van der Waals surface area contributed by atoms with Gasteiger partial charge in [0.1, 0.15) is 0 Å². The minimum atomic E-state index is 0.628. The molecule has 1 N–H and O–H groups in total. The van der Waals surface area contributed by atoms with E-state index < -0.39 is 0 Å². The maximum absolute atomic E-state index is 3.50. The molecule has 1 aliphatic carbocycles. The Morgan fingerprint density at radius 1 is 1.24 bits per heavy atom. The normalized spacial score (nSPS) is 18.2. The van der Waals surface area contributed by atoms with E-state index in [0.717, 1.165) is 12.5 Å². The molecule has 0 bridgehead atoms. The van der Waals surface area contributed by atoms with Gasteiger partial charge in [0.05, 0.1) is 0 Å². The van der Waals surface area contributed by atoms with Gasteiger partial charge in [0.15, 0.2) is 0 Å². The third kappa shape index (κ3) is 3.22. The summed E-state index contributed by atoms with van der Waals surface area (Å²) in [6, 6.07) is 11.3. The van der Waals surface area contributed by atoms with Crippen molar-refractivity contribution in [3.05, 3.63) is 30.3 Å². The summed E-state index contributed by atoms with van der Waals surface area (Å²) in [6.07, 6.45) is 5.62. The van der Waals surface area contributed by atoms with Crippen LogP contribution in [-0.4, -0.2) is 26.7 Å². The van der Waals surface area contributed by atoms with Crippen LogP contribution in [0.5, 0.6) is 0 Å². The molecule has 0 radical (unpaired) electrons. The van der Waals surface area contributed by atoms with E-state index in [4.69, 9.17) is 0 Å². The minimum absolute atomic E-state index is 0.628. The van der Waals surface area contributed by atoms with Crippen molar-refractivity contribution in [3.8, 4) is 0 Å². The molecule has 0 spiro atoms. The Bertz CT molecular complexity index is 317. The summed E-state index contributed by atoms with van der Waals surface area (Å²) in [5, 5.41) is 3.50. The first-order valence-corrected chi connectivity index (χ1v) is 6.74. The molecule has 1 aromatic rings. The molecule has 17 heavy (non-hydrogen) atoms. The largest absolute Gasteiger partial charge is 0.373 e. The Kier molecular flexibility index (Phi) is 4.43. The van der Waals surface area contributed by atoms with Crippen LogP contribution in [0, 0.1) is 5.92 Å². The van der Waals surface area contributed by atoms with Gasteiger partial charge in [0.25, 0.3) is 0 Å². The van der Waals surface area contributed by atoms with Gasteiger partial charge < -0.3 is 10.2 Å². The average molecular weight is 232 g/mol. The highest BCUT2D eigenvalue weighted by Gasteiger charge is 2.24. The lowest BCUT2D eigenvalue weighted by molar-refractivity contribution is 0.382. The number of anilines is 1. The van der Waals surface area contributed by atoms with Crippen LogP contribution in [0.1, 0.15) is 25.7 Å². The second kappa shape index (κ2) is 6.06. The molecule has 0 aliphatic heterocycles. The second-order valence-electron chi connectivity index (χ2n) is 5.16. The van der Waals surface area contributed by atoms with Gasteiger partial charge in [0, 0.05) is 25.3 Å². The van der Waals surface area contributed by atoms with E-state index >= 15 is 0 Å². The van der Waals surface area contributed by atoms with Gasteiger partial charge in [-0.25, -0.2) is 0 Å². The fourth-order valence-electron chi connectivity index (χ4n) is 2.92. The number of nitrogens with one attached hydrogen (secondary N) is 1. The molecule has 0 aromatic heterocycles. The standard InChI is InChI=1S/C15H24N2/c1-16-15(13-8-6-7-9-13)12-17(2)14-10-4-3-5-11-14/h3-5,10-11,13,15-16H,6-9,12H2,1-2H3. The summed E-state index contributed by atoms with van der Waals surface area (Å²) in [6.45, 7) is 1.10. The van der Waals surface area contributed by atoms with E-state index in [2.05, 4.69) is 54.6 Å². The zero-order valence-corrected chi connectivity index (χ0v) is 11.0. The number of hydrogen-bond donors (Lipinski definition) is 1. The summed E-state index contributed by atoms with van der Waals surface area (Å²) < 4.78 is 0. The Morgan fingerprint density at radius 2 is 1.88 bits per heavy atom. The Labute approximate surface area is 105 Å². The molecule has 2 rings (SSSR count). The van der Waals surface area contributed by atoms with E-state index in [-0.39, 0.29) is 0 Å². The summed E-state index contributed by atoms with van der Waals surface area (Å²) >= 11 is 0. The lowest BCUT2D eigenvalue weighted by atomic mass is 9.97. The quantitative estimate of drug-likeness (QED) is 0.839. The van der Waals surface area contributed by atoms with Crippen molar-refractivity contribution < 1.29 is 0 Å². The topological polar surface area (TPSA) is 15.3 Å². The predicted octanol–water partition coefficient (Wildman–Crippen LogP) is 2.90. The lowest BCUT2D eigenvalue weighted by Gasteiger charge is -2.29. The smallest absolute Gasteiger partial charge is 0.0364 e. The third-order valence-corrected chi connectivity index (χ3v) is 4.01. The highest BCUT2D eigenvalue weighted by molar-refractivity contribution is 5.45. The number of nitrogens with zero attached hydrogens (tertiary/aromatic N) is 1. The maximum Gasteiger partial charge on any atom is 0.0364 e. The van der Waals surface area contributed by atoms with Crippen molar-refractivity contribution in [2.24, 2.45) is 5.92 Å². The van der Waals surface area contributed by atoms with Crippen molar-refractivity contribution in [1.82, 2.24) is 5.32 Å². The van der Waals surface area contributed by atoms with Gasteiger partial charge in [-0.15, -0.1) is 0 Å². The fraction of sp³-hybridized carbons (Fsp3) is 0.600. The molecule has 1 atom stereocenters. The summed E-state index contributed by atoms with van der Waals surface area (Å²) in [5.74, 6) is 0.867. The SMILES string of the molecule is CNC(CN(C)c1ccccc1)C1CCCC1. The second-order valence-corrected chi connectivity index (χ2v) is 5.16. The summed E-state index contributed by atoms with van der Waals surface area (Å²) in [4.78, 5) is 2.36. The number of rotatable bonds is 5. The number of likely N-dealkylation sites (N-methyl/N-ethyl adjacent to an activating group) is 2. The highest BCUT2D eigenvalue weighted by Crippen LogP contribution is 2.28. The molecule has 1 saturated carbocycles. The van der Waals surface area contributed by atoms with Crippen LogP contribution in [0.3, 0.4) is 0 Å².